The monoisotopic (exact) mass is 415 g/mol. The second-order valence-electron chi connectivity index (χ2n) is 8.99. The van der Waals surface area contributed by atoms with Gasteiger partial charge in [-0.3, -0.25) is 0 Å². The summed E-state index contributed by atoms with van der Waals surface area (Å²) < 4.78 is 11.5. The van der Waals surface area contributed by atoms with Crippen LogP contribution in [0.2, 0.25) is 0 Å². The number of hydrogen-bond donors (Lipinski definition) is 1. The van der Waals surface area contributed by atoms with Gasteiger partial charge >= 0.3 is 0 Å². The minimum absolute atomic E-state index is 0.00829. The summed E-state index contributed by atoms with van der Waals surface area (Å²) >= 11 is 0. The van der Waals surface area contributed by atoms with E-state index in [1.54, 1.807) is 7.11 Å². The maximum Gasteiger partial charge on any atom is 0.188 e. The average molecular weight is 416 g/mol. The Bertz CT molecular complexity index is 813. The van der Waals surface area contributed by atoms with Crippen molar-refractivity contribution in [1.82, 2.24) is 5.32 Å². The van der Waals surface area contributed by atoms with Gasteiger partial charge in [0.2, 0.25) is 0 Å². The molecule has 2 atom stereocenters. The summed E-state index contributed by atoms with van der Waals surface area (Å²) in [6.07, 6.45) is 1.04. The zero-order chi connectivity index (χ0) is 21.7. The zero-order valence-electron chi connectivity index (χ0n) is 19.4. The minimum atomic E-state index is -0.0149. The fourth-order valence-electron chi connectivity index (χ4n) is 3.64. The lowest BCUT2D eigenvalue weighted by Gasteiger charge is -2.35. The van der Waals surface area contributed by atoms with Gasteiger partial charge in [-0.15, -0.1) is 0 Å². The van der Waals surface area contributed by atoms with Gasteiger partial charge in [-0.25, -0.2) is 0 Å². The van der Waals surface area contributed by atoms with E-state index in [-0.39, 0.29) is 17.4 Å². The fourth-order valence-corrected chi connectivity index (χ4v) is 5.25. The van der Waals surface area contributed by atoms with Crippen LogP contribution in [0.15, 0.2) is 36.4 Å². The van der Waals surface area contributed by atoms with Crippen LogP contribution >= 0.6 is 8.58 Å². The largest absolute Gasteiger partial charge is 0.467 e. The molecular formula is C25H38NO2P. The molecule has 29 heavy (non-hydrogen) atoms. The number of benzene rings is 2. The average Bonchev–Trinajstić information content (AvgIpc) is 2.67. The van der Waals surface area contributed by atoms with E-state index < -0.39 is 0 Å². The van der Waals surface area contributed by atoms with Crippen molar-refractivity contribution in [3.63, 3.8) is 0 Å². The second-order valence-corrected chi connectivity index (χ2v) is 10.9. The Balaban J connectivity index is 2.63. The van der Waals surface area contributed by atoms with Crippen LogP contribution < -0.4 is 15.4 Å². The van der Waals surface area contributed by atoms with E-state index >= 15 is 0 Å². The molecule has 0 saturated heterocycles. The molecule has 0 bridgehead atoms. The lowest BCUT2D eigenvalue weighted by atomic mass is 9.81. The first-order chi connectivity index (χ1) is 13.7. The van der Waals surface area contributed by atoms with E-state index in [2.05, 4.69) is 83.3 Å². The maximum absolute atomic E-state index is 6.23. The van der Waals surface area contributed by atoms with Crippen molar-refractivity contribution >= 4 is 13.9 Å². The van der Waals surface area contributed by atoms with Crippen molar-refractivity contribution < 1.29 is 9.47 Å². The number of ether oxygens (including phenoxy) is 2. The van der Waals surface area contributed by atoms with Gasteiger partial charge in [0.25, 0.3) is 0 Å². The highest BCUT2D eigenvalue weighted by molar-refractivity contribution is 7.48. The highest BCUT2D eigenvalue weighted by Crippen LogP contribution is 2.50. The van der Waals surface area contributed by atoms with E-state index in [1.807, 2.05) is 7.05 Å². The van der Waals surface area contributed by atoms with Crippen LogP contribution in [0, 0.1) is 6.92 Å². The first-order valence-corrected chi connectivity index (χ1v) is 11.4. The SMILES string of the molecule is CCC(C)(Pc1ccccc1CNC)c1cc(C)cc(C(C)(C)C)c1OCOC. The molecule has 2 unspecified atom stereocenters. The van der Waals surface area contributed by atoms with Crippen molar-refractivity contribution in [2.24, 2.45) is 0 Å². The molecule has 0 amide bonds. The van der Waals surface area contributed by atoms with E-state index in [1.165, 1.54) is 27.6 Å². The topological polar surface area (TPSA) is 30.5 Å². The van der Waals surface area contributed by atoms with Crippen LogP contribution in [-0.2, 0) is 21.9 Å². The van der Waals surface area contributed by atoms with Crippen molar-refractivity contribution in [2.45, 2.75) is 65.1 Å². The lowest BCUT2D eigenvalue weighted by molar-refractivity contribution is 0.0487. The third-order valence-corrected chi connectivity index (χ3v) is 7.39. The van der Waals surface area contributed by atoms with Gasteiger partial charge in [-0.1, -0.05) is 85.2 Å². The van der Waals surface area contributed by atoms with Gasteiger partial charge in [0.05, 0.1) is 0 Å². The molecule has 0 aromatic heterocycles. The number of aryl methyl sites for hydroxylation is 1. The lowest BCUT2D eigenvalue weighted by Crippen LogP contribution is -2.25. The molecule has 0 aliphatic rings. The zero-order valence-corrected chi connectivity index (χ0v) is 20.4. The van der Waals surface area contributed by atoms with Gasteiger partial charge in [0, 0.05) is 29.9 Å². The maximum atomic E-state index is 6.23. The Morgan fingerprint density at radius 3 is 2.28 bits per heavy atom. The molecule has 2 rings (SSSR count). The molecule has 0 radical (unpaired) electrons. The molecule has 0 aliphatic carbocycles. The van der Waals surface area contributed by atoms with Crippen LogP contribution in [0.5, 0.6) is 5.75 Å². The van der Waals surface area contributed by atoms with Crippen LogP contribution in [-0.4, -0.2) is 21.0 Å². The molecule has 2 aromatic rings. The van der Waals surface area contributed by atoms with Gasteiger partial charge in [-0.2, -0.15) is 0 Å². The molecule has 0 fully saturated rings. The Hall–Kier alpha value is -1.41. The van der Waals surface area contributed by atoms with Crippen LogP contribution in [0.3, 0.4) is 0 Å². The number of hydrogen-bond acceptors (Lipinski definition) is 3. The van der Waals surface area contributed by atoms with Crippen molar-refractivity contribution in [3.05, 3.63) is 58.7 Å². The van der Waals surface area contributed by atoms with Gasteiger partial charge < -0.3 is 14.8 Å². The predicted molar refractivity (Wildman–Crippen MR) is 127 cm³/mol. The molecule has 3 nitrogen and oxygen atoms in total. The van der Waals surface area contributed by atoms with Crippen molar-refractivity contribution in [1.29, 1.82) is 0 Å². The highest BCUT2D eigenvalue weighted by atomic mass is 31.1. The summed E-state index contributed by atoms with van der Waals surface area (Å²) in [7, 11) is 4.34. The Labute approximate surface area is 179 Å². The second kappa shape index (κ2) is 10.1. The third-order valence-electron chi connectivity index (χ3n) is 5.46. The summed E-state index contributed by atoms with van der Waals surface area (Å²) in [5.74, 6) is 0.993. The molecule has 0 aliphatic heterocycles. The van der Waals surface area contributed by atoms with E-state index in [0.29, 0.717) is 8.58 Å². The summed E-state index contributed by atoms with van der Waals surface area (Å²) in [4.78, 5) is 0. The molecule has 0 heterocycles. The Morgan fingerprint density at radius 1 is 1.03 bits per heavy atom. The minimum Gasteiger partial charge on any atom is -0.467 e. The molecule has 0 spiro atoms. The predicted octanol–water partition coefficient (Wildman–Crippen LogP) is 5.62. The Morgan fingerprint density at radius 2 is 1.69 bits per heavy atom. The number of nitrogens with one attached hydrogen (secondary N) is 1. The summed E-state index contributed by atoms with van der Waals surface area (Å²) in [6, 6.07) is 13.4. The molecule has 2 aromatic carbocycles. The molecule has 4 heteroatoms. The van der Waals surface area contributed by atoms with Crippen LogP contribution in [0.25, 0.3) is 0 Å². The molecule has 160 valence electrons. The van der Waals surface area contributed by atoms with E-state index in [0.717, 1.165) is 18.7 Å². The quantitative estimate of drug-likeness (QED) is 0.426. The number of methoxy groups -OCH3 is 1. The molecular weight excluding hydrogens is 377 g/mol. The highest BCUT2D eigenvalue weighted by Gasteiger charge is 2.33. The van der Waals surface area contributed by atoms with Gasteiger partial charge in [0.1, 0.15) is 5.75 Å². The normalized spacial score (nSPS) is 14.3. The molecule has 0 saturated carbocycles. The van der Waals surface area contributed by atoms with Crippen LogP contribution in [0.1, 0.15) is 63.3 Å². The number of rotatable bonds is 9. The van der Waals surface area contributed by atoms with Crippen LogP contribution in [0.4, 0.5) is 0 Å². The fraction of sp³-hybridized carbons (Fsp3) is 0.520. The van der Waals surface area contributed by atoms with E-state index in [9.17, 15) is 0 Å². The van der Waals surface area contributed by atoms with Crippen molar-refractivity contribution in [2.75, 3.05) is 21.0 Å². The standard InChI is InChI=1S/C25H38NO2P/c1-9-25(6,29-22-13-11-10-12-19(22)16-26-7)21-15-18(2)14-20(24(3,4)5)23(21)28-17-27-8/h10-15,26,29H,9,16-17H2,1-8H3. The van der Waals surface area contributed by atoms with E-state index in [4.69, 9.17) is 9.47 Å². The van der Waals surface area contributed by atoms with Gasteiger partial charge in [0.15, 0.2) is 6.79 Å². The first-order valence-electron chi connectivity index (χ1n) is 10.4. The molecule has 1 N–H and O–H groups in total. The van der Waals surface area contributed by atoms with Gasteiger partial charge in [-0.05, 0) is 36.7 Å². The smallest absolute Gasteiger partial charge is 0.188 e. The van der Waals surface area contributed by atoms with Crippen molar-refractivity contribution in [3.8, 4) is 5.75 Å². The summed E-state index contributed by atoms with van der Waals surface area (Å²) in [5.41, 5.74) is 5.18. The third kappa shape index (κ3) is 5.81. The summed E-state index contributed by atoms with van der Waals surface area (Å²) in [5, 5.41) is 4.71. The summed E-state index contributed by atoms with van der Waals surface area (Å²) in [6.45, 7) is 14.7. The Kier molecular flexibility index (Phi) is 8.28. The first kappa shape index (κ1) is 23.9.